The molecule has 0 spiro atoms. The quantitative estimate of drug-likeness (QED) is 0.161. The molecule has 3 aliphatic carbocycles. The highest BCUT2D eigenvalue weighted by Gasteiger charge is 2.35. The first-order chi connectivity index (χ1) is 26.0. The molecule has 3 aliphatic rings. The summed E-state index contributed by atoms with van der Waals surface area (Å²) in [6.07, 6.45) is 18.2. The van der Waals surface area contributed by atoms with Gasteiger partial charge >= 0.3 is 0 Å². The lowest BCUT2D eigenvalue weighted by molar-refractivity contribution is 0.438. The zero-order chi connectivity index (χ0) is 38.1. The maximum Gasteiger partial charge on any atom is 0.115 e. The van der Waals surface area contributed by atoms with E-state index in [0.717, 1.165) is 38.5 Å². The summed E-state index contributed by atoms with van der Waals surface area (Å²) in [7, 11) is 0. The van der Waals surface area contributed by atoms with E-state index in [1.165, 1.54) is 125 Å². The first-order valence-corrected chi connectivity index (χ1v) is 21.8. The summed E-state index contributed by atoms with van der Waals surface area (Å²) in [5.41, 5.74) is 16.0. The number of phenolic OH excluding ortho intramolecular Hbond substituents is 3. The van der Waals surface area contributed by atoms with Gasteiger partial charge in [0, 0.05) is 0 Å². The highest BCUT2D eigenvalue weighted by Crippen LogP contribution is 2.56. The molecule has 3 saturated carbocycles. The lowest BCUT2D eigenvalue weighted by Gasteiger charge is -2.36. The van der Waals surface area contributed by atoms with Crippen molar-refractivity contribution in [2.24, 2.45) is 0 Å². The van der Waals surface area contributed by atoms with Crippen LogP contribution in [0.4, 0.5) is 0 Å². The smallest absolute Gasteiger partial charge is 0.115 e. The maximum absolute atomic E-state index is 11.1. The van der Waals surface area contributed by atoms with Crippen LogP contribution in [0.25, 0.3) is 33.4 Å². The van der Waals surface area contributed by atoms with Gasteiger partial charge in [0.1, 0.15) is 17.2 Å². The monoisotopic (exact) mass is 727 g/mol. The van der Waals surface area contributed by atoms with E-state index in [4.69, 9.17) is 0 Å². The molecule has 3 fully saturated rings. The Kier molecular flexibility index (Phi) is 11.8. The van der Waals surface area contributed by atoms with Gasteiger partial charge in [-0.05, 0) is 177 Å². The maximum atomic E-state index is 11.1. The van der Waals surface area contributed by atoms with Gasteiger partial charge in [-0.2, -0.15) is 0 Å². The number of hydrogen-bond donors (Lipinski definition) is 3. The van der Waals surface area contributed by atoms with Crippen LogP contribution < -0.4 is 0 Å². The Balaban J connectivity index is 1.69. The Morgan fingerprint density at radius 2 is 0.611 bits per heavy atom. The van der Waals surface area contributed by atoms with Crippen molar-refractivity contribution in [2.45, 2.75) is 173 Å². The predicted molar refractivity (Wildman–Crippen MR) is 227 cm³/mol. The van der Waals surface area contributed by atoms with E-state index in [2.05, 4.69) is 77.9 Å². The minimum atomic E-state index is 0.220. The highest BCUT2D eigenvalue weighted by atomic mass is 16.3. The van der Waals surface area contributed by atoms with Gasteiger partial charge in [0.25, 0.3) is 0 Å². The summed E-state index contributed by atoms with van der Waals surface area (Å²) < 4.78 is 0. The van der Waals surface area contributed by atoms with Crippen LogP contribution in [0.2, 0.25) is 0 Å². The molecule has 54 heavy (non-hydrogen) atoms. The van der Waals surface area contributed by atoms with Crippen molar-refractivity contribution in [1.29, 1.82) is 0 Å². The first kappa shape index (κ1) is 38.6. The van der Waals surface area contributed by atoms with Crippen LogP contribution >= 0.6 is 0 Å². The van der Waals surface area contributed by atoms with Crippen LogP contribution in [-0.4, -0.2) is 15.3 Å². The van der Waals surface area contributed by atoms with Gasteiger partial charge in [-0.15, -0.1) is 0 Å². The molecule has 0 bridgehead atoms. The molecule has 0 amide bonds. The molecule has 0 heterocycles. The van der Waals surface area contributed by atoms with Crippen molar-refractivity contribution in [1.82, 2.24) is 0 Å². The SMILES string of the molecule is CC(C)c1c(-c2ccc(O)cc2C2CCCCC2)c(C(C)C)c(-c2ccc(O)cc2C2CCCCC2)c(C(C)C)c1-c1ccc(O)cc1C1CCCCC1. The molecule has 0 radical (unpaired) electrons. The summed E-state index contributed by atoms with van der Waals surface area (Å²) in [6, 6.07) is 18.8. The zero-order valence-corrected chi connectivity index (χ0v) is 34.1. The summed E-state index contributed by atoms with van der Waals surface area (Å²) in [5.74, 6) is 2.96. The largest absolute Gasteiger partial charge is 0.508 e. The molecular formula is C51H66O3. The van der Waals surface area contributed by atoms with Gasteiger partial charge < -0.3 is 15.3 Å². The van der Waals surface area contributed by atoms with Crippen LogP contribution in [0, 0.1) is 0 Å². The number of phenols is 3. The van der Waals surface area contributed by atoms with Gasteiger partial charge in [-0.1, -0.05) is 118 Å². The van der Waals surface area contributed by atoms with Crippen molar-refractivity contribution in [2.75, 3.05) is 0 Å². The number of rotatable bonds is 9. The van der Waals surface area contributed by atoms with Gasteiger partial charge in [0.15, 0.2) is 0 Å². The summed E-state index contributed by atoms with van der Waals surface area (Å²) in [4.78, 5) is 0. The van der Waals surface area contributed by atoms with Gasteiger partial charge in [-0.3, -0.25) is 0 Å². The summed E-state index contributed by atoms with van der Waals surface area (Å²) in [6.45, 7) is 14.3. The molecule has 0 aliphatic heterocycles. The fourth-order valence-electron chi connectivity index (χ4n) is 11.0. The number of hydrogen-bond acceptors (Lipinski definition) is 3. The third-order valence-electron chi connectivity index (χ3n) is 13.4. The zero-order valence-electron chi connectivity index (χ0n) is 34.1. The standard InChI is InChI=1S/C51H66O3/c1-31(2)46-49(40-25-22-37(52)28-43(40)34-16-10-7-11-17-34)47(32(3)4)51(42-27-24-39(54)30-45(42)36-20-14-9-15-21-36)48(33(5)6)50(46)41-26-23-38(53)29-44(41)35-18-12-8-13-19-35/h22-36,52-54H,7-21H2,1-6H3. The lowest BCUT2D eigenvalue weighted by atomic mass is 9.68. The van der Waals surface area contributed by atoms with Crippen LogP contribution in [0.15, 0.2) is 54.6 Å². The first-order valence-electron chi connectivity index (χ1n) is 21.8. The van der Waals surface area contributed by atoms with Gasteiger partial charge in [0.05, 0.1) is 0 Å². The van der Waals surface area contributed by atoms with E-state index in [1.807, 2.05) is 18.2 Å². The van der Waals surface area contributed by atoms with Crippen LogP contribution in [0.3, 0.4) is 0 Å². The summed E-state index contributed by atoms with van der Waals surface area (Å²) in [5, 5.41) is 33.4. The van der Waals surface area contributed by atoms with Gasteiger partial charge in [-0.25, -0.2) is 0 Å². The highest BCUT2D eigenvalue weighted by molar-refractivity contribution is 5.96. The van der Waals surface area contributed by atoms with Crippen molar-refractivity contribution >= 4 is 0 Å². The van der Waals surface area contributed by atoms with E-state index in [0.29, 0.717) is 35.0 Å². The molecular weight excluding hydrogens is 661 g/mol. The molecule has 0 unspecified atom stereocenters. The van der Waals surface area contributed by atoms with E-state index in [9.17, 15) is 15.3 Å². The second-order valence-electron chi connectivity index (χ2n) is 18.1. The molecule has 0 atom stereocenters. The number of aromatic hydroxyl groups is 3. The average Bonchev–Trinajstić information content (AvgIpc) is 3.17. The molecule has 0 saturated heterocycles. The van der Waals surface area contributed by atoms with E-state index >= 15 is 0 Å². The Labute approximate surface area is 326 Å². The molecule has 4 aromatic rings. The molecule has 7 rings (SSSR count). The second-order valence-corrected chi connectivity index (χ2v) is 18.1. The van der Waals surface area contributed by atoms with Crippen molar-refractivity contribution in [3.05, 3.63) is 88.0 Å². The Bertz CT molecular complexity index is 1690. The minimum Gasteiger partial charge on any atom is -0.508 e. The van der Waals surface area contributed by atoms with E-state index < -0.39 is 0 Å². The fraction of sp³-hybridized carbons (Fsp3) is 0.529. The van der Waals surface area contributed by atoms with Crippen LogP contribution in [0.5, 0.6) is 17.2 Å². The van der Waals surface area contributed by atoms with Crippen LogP contribution in [-0.2, 0) is 0 Å². The third kappa shape index (κ3) is 7.59. The Hall–Kier alpha value is -3.72. The Morgan fingerprint density at radius 3 is 0.833 bits per heavy atom. The minimum absolute atomic E-state index is 0.220. The summed E-state index contributed by atoms with van der Waals surface area (Å²) >= 11 is 0. The van der Waals surface area contributed by atoms with E-state index in [-0.39, 0.29) is 17.8 Å². The molecule has 0 aromatic heterocycles. The average molecular weight is 727 g/mol. The second kappa shape index (κ2) is 16.6. The lowest BCUT2D eigenvalue weighted by Crippen LogP contribution is -2.15. The molecule has 288 valence electrons. The van der Waals surface area contributed by atoms with Crippen LogP contribution in [0.1, 0.15) is 207 Å². The topological polar surface area (TPSA) is 60.7 Å². The molecule has 3 heteroatoms. The predicted octanol–water partition coefficient (Wildman–Crippen LogP) is 15.3. The fourth-order valence-corrected chi connectivity index (χ4v) is 11.0. The molecule has 3 N–H and O–H groups in total. The molecule has 4 aromatic carbocycles. The number of benzene rings is 4. The van der Waals surface area contributed by atoms with Gasteiger partial charge in [0.2, 0.25) is 0 Å². The normalized spacial score (nSPS) is 17.9. The molecule has 3 nitrogen and oxygen atoms in total. The van der Waals surface area contributed by atoms with Crippen molar-refractivity contribution in [3.63, 3.8) is 0 Å². The van der Waals surface area contributed by atoms with Crippen molar-refractivity contribution < 1.29 is 15.3 Å². The van der Waals surface area contributed by atoms with Crippen molar-refractivity contribution in [3.8, 4) is 50.6 Å². The Morgan fingerprint density at radius 1 is 0.370 bits per heavy atom. The third-order valence-corrected chi connectivity index (χ3v) is 13.4. The van der Waals surface area contributed by atoms with E-state index in [1.54, 1.807) is 0 Å².